The molecule has 3 aliphatic rings. The molecule has 3 fully saturated rings. The van der Waals surface area contributed by atoms with Gasteiger partial charge in [0, 0.05) is 30.2 Å². The smallest absolute Gasteiger partial charge is 0.407 e. The molecule has 3 aromatic carbocycles. The van der Waals surface area contributed by atoms with E-state index in [1.807, 2.05) is 52.0 Å². The van der Waals surface area contributed by atoms with E-state index in [1.165, 1.54) is 19.4 Å². The predicted octanol–water partition coefficient (Wildman–Crippen LogP) is 6.93. The third kappa shape index (κ3) is 11.3. The Bertz CT molecular complexity index is 2050. The number of amides is 6. The van der Waals surface area contributed by atoms with Crippen LogP contribution >= 0.6 is 0 Å². The fourth-order valence-electron chi connectivity index (χ4n) is 9.35. The van der Waals surface area contributed by atoms with Crippen molar-refractivity contribution in [3.8, 4) is 0 Å². The molecule has 0 radical (unpaired) electrons. The number of likely N-dealkylation sites (tertiary alicyclic amines) is 2. The Morgan fingerprint density at radius 1 is 0.569 bits per heavy atom. The lowest BCUT2D eigenvalue weighted by molar-refractivity contribution is -0.139. The average Bonchev–Trinajstić information content (AvgIpc) is 4.08. The van der Waals surface area contributed by atoms with Crippen LogP contribution in [0.25, 0.3) is 0 Å². The van der Waals surface area contributed by atoms with Crippen molar-refractivity contribution in [3.63, 3.8) is 0 Å². The lowest BCUT2D eigenvalue weighted by Crippen LogP contribution is -2.54. The van der Waals surface area contributed by atoms with E-state index in [0.29, 0.717) is 50.1 Å². The molecule has 6 atom stereocenters. The number of hydrogen-bond donors (Lipinski definition) is 4. The predicted molar refractivity (Wildman–Crippen MR) is 255 cm³/mol. The van der Waals surface area contributed by atoms with Crippen molar-refractivity contribution < 1.29 is 38.2 Å². The first-order valence-corrected chi connectivity index (χ1v) is 26.4. The first-order chi connectivity index (χ1) is 30.9. The number of carbonyl (C=O) groups is 6. The summed E-state index contributed by atoms with van der Waals surface area (Å²) in [6.45, 7) is 15.2. The summed E-state index contributed by atoms with van der Waals surface area (Å²) in [4.78, 5) is 84.1. The highest BCUT2D eigenvalue weighted by molar-refractivity contribution is 6.88. The summed E-state index contributed by atoms with van der Waals surface area (Å²) in [5.74, 6) is -1.54. The third-order valence-corrected chi connectivity index (χ3v) is 15.1. The van der Waals surface area contributed by atoms with Gasteiger partial charge in [0.05, 0.1) is 34.4 Å². The number of benzene rings is 3. The molecule has 4 N–H and O–H groups in total. The van der Waals surface area contributed by atoms with Crippen LogP contribution in [0.5, 0.6) is 0 Å². The van der Waals surface area contributed by atoms with Gasteiger partial charge < -0.3 is 45.4 Å². The van der Waals surface area contributed by atoms with Crippen molar-refractivity contribution >= 4 is 66.1 Å². The van der Waals surface area contributed by atoms with Gasteiger partial charge >= 0.3 is 12.2 Å². The van der Waals surface area contributed by atoms with Gasteiger partial charge in [-0.25, -0.2) is 9.59 Å². The second-order valence-electron chi connectivity index (χ2n) is 19.1. The normalized spacial score (nSPS) is 20.6. The number of alkyl carbamates (subject to hydrolysis) is 2. The highest BCUT2D eigenvalue weighted by atomic mass is 28.3. The zero-order valence-electron chi connectivity index (χ0n) is 39.3. The minimum atomic E-state index is -1.55. The quantitative estimate of drug-likeness (QED) is 0.125. The van der Waals surface area contributed by atoms with Gasteiger partial charge in [0.25, 0.3) is 0 Å². The fraction of sp³-hybridized carbons (Fsp3) is 0.510. The molecule has 0 bridgehead atoms. The molecule has 15 nitrogen and oxygen atoms in total. The van der Waals surface area contributed by atoms with E-state index in [9.17, 15) is 28.8 Å². The molecule has 0 unspecified atom stereocenters. The van der Waals surface area contributed by atoms with Crippen molar-refractivity contribution in [1.29, 1.82) is 0 Å². The summed E-state index contributed by atoms with van der Waals surface area (Å²) in [7, 11) is 0.954. The number of nitrogens with one attached hydrogen (secondary N) is 4. The van der Waals surface area contributed by atoms with Crippen LogP contribution in [0, 0.1) is 11.8 Å². The summed E-state index contributed by atoms with van der Waals surface area (Å²) < 4.78 is 9.49. The second kappa shape index (κ2) is 20.9. The molecule has 3 aromatic rings. The first kappa shape index (κ1) is 48.6. The molecule has 0 aliphatic carbocycles. The van der Waals surface area contributed by atoms with Crippen molar-refractivity contribution in [3.05, 3.63) is 83.9 Å². The molecule has 0 spiro atoms. The highest BCUT2D eigenvalue weighted by Gasteiger charge is 2.41. The second-order valence-corrected chi connectivity index (χ2v) is 24.2. The van der Waals surface area contributed by atoms with E-state index in [4.69, 9.17) is 9.47 Å². The van der Waals surface area contributed by atoms with E-state index in [1.54, 1.807) is 9.80 Å². The largest absolute Gasteiger partial charge is 0.453 e. The number of methoxy groups -OCH3 is 2. The summed E-state index contributed by atoms with van der Waals surface area (Å²) in [5.41, 5.74) is 4.58. The molecule has 3 saturated heterocycles. The van der Waals surface area contributed by atoms with E-state index < -0.39 is 44.4 Å². The van der Waals surface area contributed by atoms with Crippen LogP contribution in [0.15, 0.2) is 72.8 Å². The van der Waals surface area contributed by atoms with Crippen LogP contribution in [0.1, 0.15) is 89.4 Å². The maximum Gasteiger partial charge on any atom is 0.407 e. The Hall–Kier alpha value is -5.90. The number of nitrogens with zero attached hydrogens (tertiary/aromatic N) is 3. The maximum atomic E-state index is 13.7. The molecule has 16 heteroatoms. The van der Waals surface area contributed by atoms with E-state index in [0.717, 1.165) is 29.7 Å². The van der Waals surface area contributed by atoms with Gasteiger partial charge in [-0.15, -0.1) is 0 Å². The van der Waals surface area contributed by atoms with Crippen LogP contribution < -0.4 is 31.4 Å². The van der Waals surface area contributed by atoms with Crippen molar-refractivity contribution in [2.45, 2.75) is 122 Å². The zero-order chi connectivity index (χ0) is 47.2. The number of rotatable bonds is 14. The van der Waals surface area contributed by atoms with Crippen molar-refractivity contribution in [2.24, 2.45) is 11.8 Å². The van der Waals surface area contributed by atoms with Crippen molar-refractivity contribution in [1.82, 2.24) is 20.4 Å². The molecule has 3 heterocycles. The van der Waals surface area contributed by atoms with E-state index in [2.05, 4.69) is 94.3 Å². The van der Waals surface area contributed by atoms with Gasteiger partial charge in [-0.05, 0) is 97.9 Å². The Labute approximate surface area is 384 Å². The lowest BCUT2D eigenvalue weighted by atomic mass is 10.0. The number of carbonyl (C=O) groups excluding carboxylic acids is 6. The van der Waals surface area contributed by atoms with E-state index in [-0.39, 0.29) is 47.5 Å². The maximum absolute atomic E-state index is 13.7. The van der Waals surface area contributed by atoms with Crippen LogP contribution in [0.2, 0.25) is 19.6 Å². The summed E-state index contributed by atoms with van der Waals surface area (Å²) in [6, 6.07) is 22.0. The molecular formula is C49H67N7O8Si. The number of ether oxygens (including phenoxy) is 2. The molecule has 65 heavy (non-hydrogen) atoms. The minimum absolute atomic E-state index is 0.0364. The Kier molecular flexibility index (Phi) is 15.6. The van der Waals surface area contributed by atoms with E-state index >= 15 is 0 Å². The van der Waals surface area contributed by atoms with Gasteiger partial charge in [-0.2, -0.15) is 0 Å². The van der Waals surface area contributed by atoms with Crippen LogP contribution in [0.3, 0.4) is 0 Å². The molecule has 0 saturated carbocycles. The summed E-state index contributed by atoms with van der Waals surface area (Å²) in [6.07, 6.45) is 2.80. The van der Waals surface area contributed by atoms with Crippen LogP contribution in [-0.2, 0) is 28.7 Å². The van der Waals surface area contributed by atoms with Crippen LogP contribution in [0.4, 0.5) is 26.7 Å². The minimum Gasteiger partial charge on any atom is -0.453 e. The molecule has 6 amide bonds. The van der Waals surface area contributed by atoms with Crippen molar-refractivity contribution in [2.75, 3.05) is 42.8 Å². The average molecular weight is 910 g/mol. The molecule has 3 aliphatic heterocycles. The molecule has 6 rings (SSSR count). The van der Waals surface area contributed by atoms with Gasteiger partial charge in [0.1, 0.15) is 24.2 Å². The molecule has 350 valence electrons. The Morgan fingerprint density at radius 2 is 0.954 bits per heavy atom. The topological polar surface area (TPSA) is 179 Å². The monoisotopic (exact) mass is 909 g/mol. The van der Waals surface area contributed by atoms with Gasteiger partial charge in [-0.1, -0.05) is 88.9 Å². The Morgan fingerprint density at radius 3 is 1.29 bits per heavy atom. The van der Waals surface area contributed by atoms with Crippen LogP contribution in [-0.4, -0.2) is 105 Å². The van der Waals surface area contributed by atoms with Gasteiger partial charge in [0.2, 0.25) is 23.6 Å². The molecular weight excluding hydrogens is 843 g/mol. The number of anilines is 3. The fourth-order valence-corrected chi connectivity index (χ4v) is 10.5. The van der Waals surface area contributed by atoms with Gasteiger partial charge in [0.15, 0.2) is 0 Å². The van der Waals surface area contributed by atoms with Gasteiger partial charge in [-0.3, -0.25) is 19.2 Å². The summed E-state index contributed by atoms with van der Waals surface area (Å²) >= 11 is 0. The standard InChI is InChI=1S/C49H67N7O8Si/c1-30(2)42(52-48(61)63-5)46(59)54-28-10-12-40(54)44(57)50-34-18-14-32(15-19-34)38-26-27-39(56(38)36-22-24-37(25-23-36)65(7,8)9)33-16-20-35(21-17-33)51-45(58)41-13-11-29-55(41)47(60)43(31(3)4)53-49(62)64-6/h14-25,30-31,38-43H,10-13,26-29H2,1-9H3,(H,50,57)(H,51,58)(H,52,61)(H,53,62)/t38-,39-,40+,41+,42+,43+/m1/s1. The summed E-state index contributed by atoms with van der Waals surface area (Å²) in [5, 5.41) is 12.7. The zero-order valence-corrected chi connectivity index (χ0v) is 40.3. The molecule has 0 aromatic heterocycles. The SMILES string of the molecule is COC(=O)N[C@H](C(=O)N1CCC[C@H]1C(=O)Nc1ccc([C@H]2CC[C@H](c3ccc(NC(=O)[C@@H]4CCCN4C(=O)[C@@H](NC(=O)OC)C(C)C)cc3)N2c2ccc([Si](C)(C)C)cc2)cc1)C(C)C. The first-order valence-electron chi connectivity index (χ1n) is 22.9. The third-order valence-electron chi connectivity index (χ3n) is 13.0. The number of hydrogen-bond acceptors (Lipinski definition) is 9. The Balaban J connectivity index is 1.17. The highest BCUT2D eigenvalue weighted by Crippen LogP contribution is 2.47. The lowest BCUT2D eigenvalue weighted by Gasteiger charge is -2.34.